The summed E-state index contributed by atoms with van der Waals surface area (Å²) in [5.74, 6) is -0.0139. The van der Waals surface area contributed by atoms with Crippen molar-refractivity contribution in [2.45, 2.75) is 90.6 Å². The Morgan fingerprint density at radius 1 is 0.694 bits per heavy atom. The van der Waals surface area contributed by atoms with Crippen LogP contribution >= 0.6 is 0 Å². The maximum absolute atomic E-state index is 15.7. The molecule has 6 aromatic rings. The summed E-state index contributed by atoms with van der Waals surface area (Å²) in [6.07, 6.45) is 8.07. The molecule has 20 heteroatoms. The van der Waals surface area contributed by atoms with Crippen LogP contribution in [0.25, 0.3) is 44.3 Å². The van der Waals surface area contributed by atoms with E-state index >= 15 is 8.78 Å². The molecule has 328 valence electrons. The molecule has 4 aromatic heterocycles. The van der Waals surface area contributed by atoms with E-state index in [1.54, 1.807) is 53.7 Å². The lowest BCUT2D eigenvalue weighted by molar-refractivity contribution is 0.0682. The van der Waals surface area contributed by atoms with Gasteiger partial charge in [-0.15, -0.1) is 0 Å². The number of aliphatic hydroxyl groups is 2. The highest BCUT2D eigenvalue weighted by Gasteiger charge is 2.31. The Bertz CT molecular complexity index is 2380. The number of carbonyl (C=O) groups excluding carboxylic acids is 2. The second kappa shape index (κ2) is 18.0. The van der Waals surface area contributed by atoms with Gasteiger partial charge in [-0.3, -0.25) is 10.6 Å². The van der Waals surface area contributed by atoms with E-state index in [0.717, 1.165) is 12.8 Å². The van der Waals surface area contributed by atoms with Crippen molar-refractivity contribution in [3.63, 3.8) is 0 Å². The Morgan fingerprint density at radius 3 is 1.37 bits per heavy atom. The van der Waals surface area contributed by atoms with Crippen molar-refractivity contribution in [2.75, 3.05) is 36.9 Å². The van der Waals surface area contributed by atoms with Gasteiger partial charge in [-0.2, -0.15) is 0 Å². The minimum Gasteiger partial charge on any atom is -0.382 e. The van der Waals surface area contributed by atoms with Crippen molar-refractivity contribution in [1.82, 2.24) is 50.5 Å². The Hall–Kier alpha value is -6.22. The number of fused-ring (bicyclic) bond motifs is 2. The van der Waals surface area contributed by atoms with E-state index in [0.29, 0.717) is 83.5 Å². The molecule has 0 aliphatic carbocycles. The number of ether oxygens (including phenoxy) is 2. The highest BCUT2D eigenvalue weighted by Crippen LogP contribution is 2.41. The fraction of sp³-hybridized carbons (Fsp3) is 0.429. The van der Waals surface area contributed by atoms with Crippen molar-refractivity contribution in [3.8, 4) is 22.3 Å². The van der Waals surface area contributed by atoms with Crippen LogP contribution in [0.1, 0.15) is 102 Å². The zero-order chi connectivity index (χ0) is 44.3. The summed E-state index contributed by atoms with van der Waals surface area (Å²) >= 11 is 0. The molecular formula is C42H50F2N12O6. The number of benzene rings is 2. The van der Waals surface area contributed by atoms with Crippen LogP contribution in [-0.4, -0.2) is 88.5 Å². The molecule has 2 atom stereocenters. The summed E-state index contributed by atoms with van der Waals surface area (Å²) in [6, 6.07) is 2.41. The lowest BCUT2D eigenvalue weighted by atomic mass is 9.98. The number of nitrogens with one attached hydrogen (secondary N) is 6. The summed E-state index contributed by atoms with van der Waals surface area (Å²) in [6.45, 7) is 12.0. The van der Waals surface area contributed by atoms with Crippen molar-refractivity contribution in [1.29, 1.82) is 0 Å². The van der Waals surface area contributed by atoms with Crippen LogP contribution in [0.2, 0.25) is 0 Å². The number of aromatic amines is 2. The van der Waals surface area contributed by atoms with E-state index in [9.17, 15) is 19.8 Å². The molecule has 2 aliphatic heterocycles. The molecule has 18 nitrogen and oxygen atoms in total. The van der Waals surface area contributed by atoms with Gasteiger partial charge in [0, 0.05) is 84.5 Å². The van der Waals surface area contributed by atoms with Crippen LogP contribution in [0.5, 0.6) is 0 Å². The average molecular weight is 857 g/mol. The third-order valence-electron chi connectivity index (χ3n) is 10.2. The molecule has 6 heterocycles. The number of nitrogens with zero attached hydrogens (tertiary/aromatic N) is 6. The monoisotopic (exact) mass is 856 g/mol. The summed E-state index contributed by atoms with van der Waals surface area (Å²) in [5.41, 5.74) is 1.71. The first-order valence-corrected chi connectivity index (χ1v) is 20.4. The van der Waals surface area contributed by atoms with E-state index in [1.165, 1.54) is 24.8 Å². The summed E-state index contributed by atoms with van der Waals surface area (Å²) in [4.78, 5) is 55.4. The fourth-order valence-electron chi connectivity index (χ4n) is 7.23. The first-order chi connectivity index (χ1) is 29.5. The van der Waals surface area contributed by atoms with Gasteiger partial charge in [0.25, 0.3) is 0 Å². The number of imidazole rings is 2. The zero-order valence-electron chi connectivity index (χ0n) is 35.2. The van der Waals surface area contributed by atoms with Gasteiger partial charge in [0.1, 0.15) is 22.8 Å². The summed E-state index contributed by atoms with van der Waals surface area (Å²) in [7, 11) is 0. The van der Waals surface area contributed by atoms with Crippen LogP contribution in [0.3, 0.4) is 0 Å². The standard InChI is InChI=1S/2C21H25FN6O3/c2*1-4-23-20(29)28-19-26-13-8-12(11-9-24-18(25-10-11)21(2,3)30)16(22)15(17(13)27-19)14-6-5-7-31-14/h2*8-10,14,30H,4-7H2,1-3H3,(H3,23,26,27,28,29)/t14-;/m1./s1. The van der Waals surface area contributed by atoms with E-state index in [1.807, 2.05) is 0 Å². The highest BCUT2D eigenvalue weighted by atomic mass is 19.1. The predicted molar refractivity (Wildman–Crippen MR) is 226 cm³/mol. The largest absolute Gasteiger partial charge is 0.382 e. The van der Waals surface area contributed by atoms with Crippen molar-refractivity contribution in [2.24, 2.45) is 0 Å². The molecule has 1 unspecified atom stereocenters. The molecule has 4 amide bonds. The Kier molecular flexibility index (Phi) is 12.7. The quantitative estimate of drug-likeness (QED) is 0.0712. The molecule has 62 heavy (non-hydrogen) atoms. The number of aromatic nitrogens is 8. The number of H-pyrrole nitrogens is 2. The molecular weight excluding hydrogens is 807 g/mol. The Morgan fingerprint density at radius 2 is 1.06 bits per heavy atom. The molecule has 0 bridgehead atoms. The molecule has 2 saturated heterocycles. The second-order valence-electron chi connectivity index (χ2n) is 15.9. The number of halogens is 2. The van der Waals surface area contributed by atoms with Gasteiger partial charge in [0.2, 0.25) is 11.9 Å². The predicted octanol–water partition coefficient (Wildman–Crippen LogP) is 6.76. The van der Waals surface area contributed by atoms with Crippen molar-refractivity contribution < 1.29 is 38.1 Å². The second-order valence-corrected chi connectivity index (χ2v) is 15.9. The van der Waals surface area contributed by atoms with Gasteiger partial charge in [-0.1, -0.05) is 0 Å². The Labute approximate surface area is 355 Å². The minimum atomic E-state index is -1.20. The van der Waals surface area contributed by atoms with Crippen molar-refractivity contribution in [3.05, 3.63) is 71.3 Å². The van der Waals surface area contributed by atoms with Crippen LogP contribution in [0.4, 0.5) is 30.3 Å². The SMILES string of the molecule is CCNC(=O)Nc1nc2c(C3CCCO3)c(F)c(-c3cnc(C(C)(C)O)nc3)cc2[nH]1.CCNC(=O)Nc1nc2c([C@H]3CCCO3)c(F)c(-c3cnc(C(C)(C)O)nc3)cc2[nH]1. The smallest absolute Gasteiger partial charge is 0.321 e. The lowest BCUT2D eigenvalue weighted by Gasteiger charge is -2.17. The van der Waals surface area contributed by atoms with Crippen LogP contribution in [-0.2, 0) is 20.7 Å². The first kappa shape index (κ1) is 43.9. The third-order valence-corrected chi connectivity index (χ3v) is 10.2. The van der Waals surface area contributed by atoms with Gasteiger partial charge in [-0.05, 0) is 79.4 Å². The number of hydrogen-bond acceptors (Lipinski definition) is 12. The van der Waals surface area contributed by atoms with Gasteiger partial charge < -0.3 is 40.3 Å². The number of anilines is 2. The molecule has 0 radical (unpaired) electrons. The van der Waals surface area contributed by atoms with E-state index in [-0.39, 0.29) is 34.7 Å². The number of carbonyl (C=O) groups is 2. The first-order valence-electron chi connectivity index (χ1n) is 20.4. The molecule has 2 fully saturated rings. The van der Waals surface area contributed by atoms with Gasteiger partial charge in [0.15, 0.2) is 11.6 Å². The average Bonchev–Trinajstić information content (AvgIpc) is 4.06. The van der Waals surface area contributed by atoms with Crippen LogP contribution in [0.15, 0.2) is 36.9 Å². The van der Waals surface area contributed by atoms with Gasteiger partial charge >= 0.3 is 12.1 Å². The lowest BCUT2D eigenvalue weighted by Crippen LogP contribution is -2.28. The normalized spacial score (nSPS) is 16.6. The number of urea groups is 2. The van der Waals surface area contributed by atoms with Crippen LogP contribution in [0, 0.1) is 11.6 Å². The molecule has 2 aliphatic rings. The van der Waals surface area contributed by atoms with E-state index in [4.69, 9.17) is 9.47 Å². The molecule has 0 saturated carbocycles. The highest BCUT2D eigenvalue weighted by molar-refractivity contribution is 5.93. The molecule has 0 spiro atoms. The topological polar surface area (TPSA) is 250 Å². The zero-order valence-corrected chi connectivity index (χ0v) is 35.2. The number of hydrogen-bond donors (Lipinski definition) is 8. The Balaban J connectivity index is 0.000000186. The number of rotatable bonds is 10. The van der Waals surface area contributed by atoms with Crippen molar-refractivity contribution >= 4 is 46.0 Å². The van der Waals surface area contributed by atoms with Gasteiger partial charge in [0.05, 0.1) is 34.3 Å². The van der Waals surface area contributed by atoms with Crippen LogP contribution < -0.4 is 21.3 Å². The third kappa shape index (κ3) is 9.47. The van der Waals surface area contributed by atoms with E-state index < -0.39 is 47.1 Å². The molecule has 8 N–H and O–H groups in total. The van der Waals surface area contributed by atoms with Gasteiger partial charge in [-0.25, -0.2) is 48.3 Å². The summed E-state index contributed by atoms with van der Waals surface area (Å²) in [5, 5.41) is 30.7. The summed E-state index contributed by atoms with van der Waals surface area (Å²) < 4.78 is 43.0. The maximum atomic E-state index is 15.7. The van der Waals surface area contributed by atoms with E-state index in [2.05, 4.69) is 61.1 Å². The molecule has 8 rings (SSSR count). The maximum Gasteiger partial charge on any atom is 0.321 e. The number of amides is 4. The fourth-order valence-corrected chi connectivity index (χ4v) is 7.23. The molecule has 2 aromatic carbocycles. The minimum absolute atomic E-state index is 0.213.